The highest BCUT2D eigenvalue weighted by Gasteiger charge is 2.22. The fourth-order valence-electron chi connectivity index (χ4n) is 4.68. The van der Waals surface area contributed by atoms with E-state index in [0.29, 0.717) is 12.6 Å². The zero-order valence-electron chi connectivity index (χ0n) is 18.9. The second-order valence-electron chi connectivity index (χ2n) is 8.75. The average Bonchev–Trinajstić information content (AvgIpc) is 2.87. The molecule has 1 aliphatic heterocycles. The lowest BCUT2D eigenvalue weighted by Crippen LogP contribution is -2.43. The highest BCUT2D eigenvalue weighted by atomic mass is 16.5. The Morgan fingerprint density at radius 1 is 1.06 bits per heavy atom. The molecule has 3 heterocycles. The number of para-hydroxylation sites is 1. The molecule has 170 valence electrons. The van der Waals surface area contributed by atoms with Crippen LogP contribution in [0.2, 0.25) is 0 Å². The van der Waals surface area contributed by atoms with Gasteiger partial charge >= 0.3 is 0 Å². The van der Waals surface area contributed by atoms with E-state index < -0.39 is 6.10 Å². The van der Waals surface area contributed by atoms with Crippen LogP contribution in [0.1, 0.15) is 30.2 Å². The third-order valence-electron chi connectivity index (χ3n) is 6.59. The van der Waals surface area contributed by atoms with Gasteiger partial charge in [0.1, 0.15) is 5.75 Å². The van der Waals surface area contributed by atoms with E-state index >= 15 is 0 Å². The predicted octanol–water partition coefficient (Wildman–Crippen LogP) is 4.08. The lowest BCUT2D eigenvalue weighted by atomic mass is 10.0. The lowest BCUT2D eigenvalue weighted by Gasteiger charge is -2.33. The number of rotatable bonds is 7. The molecule has 2 aromatic heterocycles. The quantitative estimate of drug-likeness (QED) is 0.450. The van der Waals surface area contributed by atoms with Crippen LogP contribution < -0.4 is 10.1 Å². The van der Waals surface area contributed by atoms with Crippen LogP contribution in [0.4, 0.5) is 0 Å². The first-order chi connectivity index (χ1) is 16.2. The summed E-state index contributed by atoms with van der Waals surface area (Å²) in [6.07, 6.45) is 3.33. The Bertz CT molecular complexity index is 1240. The number of nitrogens with zero attached hydrogens (tertiary/aromatic N) is 3. The number of piperidine rings is 1. The van der Waals surface area contributed by atoms with E-state index in [2.05, 4.69) is 39.5 Å². The van der Waals surface area contributed by atoms with Crippen LogP contribution in [-0.2, 0) is 6.54 Å². The molecule has 0 aliphatic carbocycles. The van der Waals surface area contributed by atoms with Crippen molar-refractivity contribution >= 4 is 21.8 Å². The predicted molar refractivity (Wildman–Crippen MR) is 131 cm³/mol. The van der Waals surface area contributed by atoms with E-state index in [1.807, 2.05) is 36.4 Å². The first-order valence-corrected chi connectivity index (χ1v) is 11.6. The van der Waals surface area contributed by atoms with E-state index in [0.717, 1.165) is 65.9 Å². The molecule has 0 saturated carbocycles. The molecule has 33 heavy (non-hydrogen) atoms. The van der Waals surface area contributed by atoms with Crippen molar-refractivity contribution in [2.45, 2.75) is 31.5 Å². The van der Waals surface area contributed by atoms with Crippen molar-refractivity contribution < 1.29 is 9.84 Å². The summed E-state index contributed by atoms with van der Waals surface area (Å²) in [6.45, 7) is 3.33. The van der Waals surface area contributed by atoms with Gasteiger partial charge in [-0.1, -0.05) is 24.3 Å². The van der Waals surface area contributed by atoms with E-state index in [4.69, 9.17) is 9.72 Å². The van der Waals surface area contributed by atoms with Gasteiger partial charge in [-0.3, -0.25) is 9.97 Å². The molecule has 1 unspecified atom stereocenters. The molecule has 1 saturated heterocycles. The Kier molecular flexibility index (Phi) is 6.48. The number of methoxy groups -OCH3 is 1. The van der Waals surface area contributed by atoms with Crippen molar-refractivity contribution in [2.24, 2.45) is 0 Å². The minimum atomic E-state index is -0.561. The van der Waals surface area contributed by atoms with Crippen LogP contribution in [0, 0.1) is 0 Å². The number of aliphatic hydroxyl groups is 1. The summed E-state index contributed by atoms with van der Waals surface area (Å²) in [5, 5.41) is 16.8. The number of fused-ring (bicyclic) bond motifs is 2. The first-order valence-electron chi connectivity index (χ1n) is 11.6. The van der Waals surface area contributed by atoms with Crippen molar-refractivity contribution in [2.75, 3.05) is 26.7 Å². The Morgan fingerprint density at radius 3 is 2.76 bits per heavy atom. The summed E-state index contributed by atoms with van der Waals surface area (Å²) in [6, 6.07) is 20.6. The first kappa shape index (κ1) is 21.8. The summed E-state index contributed by atoms with van der Waals surface area (Å²) >= 11 is 0. The molecule has 4 aromatic rings. The zero-order chi connectivity index (χ0) is 22.6. The molecule has 0 amide bonds. The number of nitrogens with one attached hydrogen (secondary N) is 1. The van der Waals surface area contributed by atoms with Gasteiger partial charge in [-0.05, 0) is 67.9 Å². The van der Waals surface area contributed by atoms with Crippen LogP contribution in [0.25, 0.3) is 21.8 Å². The summed E-state index contributed by atoms with van der Waals surface area (Å²) in [4.78, 5) is 11.5. The largest absolute Gasteiger partial charge is 0.497 e. The van der Waals surface area contributed by atoms with Crippen LogP contribution in [0.5, 0.6) is 5.75 Å². The molecule has 0 radical (unpaired) electrons. The number of benzene rings is 2. The highest BCUT2D eigenvalue weighted by Crippen LogP contribution is 2.27. The Balaban J connectivity index is 1.15. The van der Waals surface area contributed by atoms with Crippen LogP contribution >= 0.6 is 0 Å². The maximum atomic E-state index is 11.0. The van der Waals surface area contributed by atoms with Gasteiger partial charge in [0.15, 0.2) is 0 Å². The van der Waals surface area contributed by atoms with Crippen molar-refractivity contribution in [3.63, 3.8) is 0 Å². The average molecular weight is 443 g/mol. The monoisotopic (exact) mass is 442 g/mol. The van der Waals surface area contributed by atoms with E-state index in [9.17, 15) is 5.11 Å². The van der Waals surface area contributed by atoms with Gasteiger partial charge in [0.2, 0.25) is 0 Å². The number of likely N-dealkylation sites (tertiary alicyclic amines) is 1. The third-order valence-corrected chi connectivity index (χ3v) is 6.59. The highest BCUT2D eigenvalue weighted by molar-refractivity contribution is 5.84. The summed E-state index contributed by atoms with van der Waals surface area (Å²) in [7, 11) is 1.65. The molecule has 6 nitrogen and oxygen atoms in total. The van der Waals surface area contributed by atoms with Gasteiger partial charge in [-0.25, -0.2) is 0 Å². The molecule has 2 aromatic carbocycles. The molecule has 1 atom stereocenters. The molecule has 6 heteroatoms. The molecular weight excluding hydrogens is 412 g/mol. The van der Waals surface area contributed by atoms with Gasteiger partial charge in [0.05, 0.1) is 29.9 Å². The number of aliphatic hydroxyl groups excluding tert-OH is 1. The SMILES string of the molecule is COc1ccc2nccc(C(O)CN3CCC(NCc4ccc5ccccc5n4)CC3)c2c1. The van der Waals surface area contributed by atoms with E-state index in [1.54, 1.807) is 13.3 Å². The fourth-order valence-corrected chi connectivity index (χ4v) is 4.68. The molecule has 5 rings (SSSR count). The van der Waals surface area contributed by atoms with Gasteiger partial charge in [0, 0.05) is 36.1 Å². The van der Waals surface area contributed by atoms with Crippen molar-refractivity contribution in [1.29, 1.82) is 0 Å². The van der Waals surface area contributed by atoms with Crippen LogP contribution in [0.15, 0.2) is 66.9 Å². The van der Waals surface area contributed by atoms with Gasteiger partial charge in [0.25, 0.3) is 0 Å². The van der Waals surface area contributed by atoms with Crippen molar-refractivity contribution in [1.82, 2.24) is 20.2 Å². The van der Waals surface area contributed by atoms with Gasteiger partial charge in [-0.2, -0.15) is 0 Å². The third kappa shape index (κ3) is 4.98. The number of β-amino-alcohol motifs (C(OH)–C–C–N with tert-alkyl or cyclic N) is 1. The molecule has 2 N–H and O–H groups in total. The summed E-state index contributed by atoms with van der Waals surface area (Å²) in [5.41, 5.74) is 3.90. The van der Waals surface area contributed by atoms with Gasteiger partial charge in [-0.15, -0.1) is 0 Å². The Hall–Kier alpha value is -3.06. The molecular formula is C27H30N4O2. The van der Waals surface area contributed by atoms with Crippen molar-refractivity contribution in [3.05, 3.63) is 78.1 Å². The number of pyridine rings is 2. The Labute approximate surface area is 194 Å². The smallest absolute Gasteiger partial charge is 0.119 e. The fraction of sp³-hybridized carbons (Fsp3) is 0.333. The second kappa shape index (κ2) is 9.83. The summed E-state index contributed by atoms with van der Waals surface area (Å²) < 4.78 is 5.36. The normalized spacial score (nSPS) is 16.3. The van der Waals surface area contributed by atoms with Crippen molar-refractivity contribution in [3.8, 4) is 5.75 Å². The number of hydrogen-bond acceptors (Lipinski definition) is 6. The number of hydrogen-bond donors (Lipinski definition) is 2. The van der Waals surface area contributed by atoms with E-state index in [1.165, 1.54) is 5.39 Å². The number of ether oxygens (including phenoxy) is 1. The minimum absolute atomic E-state index is 0.470. The maximum Gasteiger partial charge on any atom is 0.119 e. The molecule has 1 aliphatic rings. The molecule has 0 spiro atoms. The minimum Gasteiger partial charge on any atom is -0.497 e. The summed E-state index contributed by atoms with van der Waals surface area (Å²) in [5.74, 6) is 0.775. The lowest BCUT2D eigenvalue weighted by molar-refractivity contribution is 0.0948. The molecule has 1 fully saturated rings. The van der Waals surface area contributed by atoms with Crippen LogP contribution in [-0.4, -0.2) is 52.8 Å². The molecule has 0 bridgehead atoms. The number of aromatic nitrogens is 2. The second-order valence-corrected chi connectivity index (χ2v) is 8.75. The van der Waals surface area contributed by atoms with Gasteiger partial charge < -0.3 is 20.1 Å². The zero-order valence-corrected chi connectivity index (χ0v) is 18.9. The van der Waals surface area contributed by atoms with Crippen LogP contribution in [0.3, 0.4) is 0 Å². The Morgan fingerprint density at radius 2 is 1.91 bits per heavy atom. The maximum absolute atomic E-state index is 11.0. The standard InChI is InChI=1S/C27H30N4O2/c1-33-22-8-9-26-24(16-22)23(10-13-28-26)27(32)18-31-14-11-20(12-15-31)29-17-21-7-6-19-4-2-3-5-25(19)30-21/h2-10,13,16,20,27,29,32H,11-12,14-15,17-18H2,1H3. The topological polar surface area (TPSA) is 70.5 Å². The van der Waals surface area contributed by atoms with E-state index in [-0.39, 0.29) is 0 Å².